The number of amides is 1. The van der Waals surface area contributed by atoms with Crippen molar-refractivity contribution in [1.82, 2.24) is 0 Å². The Labute approximate surface area is 141 Å². The fourth-order valence-electron chi connectivity index (χ4n) is 1.63. The van der Waals surface area contributed by atoms with Gasteiger partial charge in [-0.05, 0) is 17.7 Å². The monoisotopic (exact) mass is 398 g/mol. The maximum atomic E-state index is 10.9. The number of nitrogens with one attached hydrogen (secondary N) is 1. The third kappa shape index (κ3) is 6.47. The van der Waals surface area contributed by atoms with Gasteiger partial charge in [0.2, 0.25) is 0 Å². The first-order chi connectivity index (χ1) is 11.1. The molecule has 0 spiro atoms. The number of rotatable bonds is 3. The van der Waals surface area contributed by atoms with Gasteiger partial charge < -0.3 is 10.8 Å². The van der Waals surface area contributed by atoms with Crippen LogP contribution in [0.25, 0.3) is 0 Å². The molecule has 0 saturated carbocycles. The Balaban J connectivity index is 0.000000272. The molecule has 7 N–H and O–H groups in total. The van der Waals surface area contributed by atoms with E-state index in [0.717, 1.165) is 23.8 Å². The van der Waals surface area contributed by atoms with E-state index >= 15 is 0 Å². The molecular weight excluding hydrogens is 379 g/mol. The van der Waals surface area contributed by atoms with Crippen LogP contribution in [0.2, 0.25) is 0 Å². The van der Waals surface area contributed by atoms with E-state index in [1.165, 1.54) is 6.92 Å². The zero-order valence-electron chi connectivity index (χ0n) is 12.9. The van der Waals surface area contributed by atoms with E-state index in [2.05, 4.69) is 5.32 Å². The van der Waals surface area contributed by atoms with Gasteiger partial charge in [-0.25, -0.2) is 0 Å². The molecule has 0 aliphatic rings. The first-order valence-corrected chi connectivity index (χ1v) is 10.2. The van der Waals surface area contributed by atoms with Gasteiger partial charge in [-0.3, -0.25) is 0 Å². The molecule has 0 bridgehead atoms. The zero-order chi connectivity index (χ0) is 18.3. The Hall–Kier alpha value is -2.25. The van der Waals surface area contributed by atoms with Gasteiger partial charge >= 0.3 is 88.1 Å². The van der Waals surface area contributed by atoms with Crippen LogP contribution in [0.3, 0.4) is 0 Å². The summed E-state index contributed by atoms with van der Waals surface area (Å²) in [5.74, 6) is -0.384. The van der Waals surface area contributed by atoms with Crippen molar-refractivity contribution in [2.75, 3.05) is 5.32 Å². The number of benzene rings is 2. The Kier molecular flexibility index (Phi) is 7.06. The summed E-state index contributed by atoms with van der Waals surface area (Å²) in [4.78, 5) is 10.7. The van der Waals surface area contributed by atoms with E-state index in [9.17, 15) is 13.6 Å². The molecule has 0 aliphatic heterocycles. The fourth-order valence-corrected chi connectivity index (χ4v) is 2.81. The van der Waals surface area contributed by atoms with Crippen molar-refractivity contribution in [3.05, 3.63) is 48.0 Å². The Morgan fingerprint density at radius 1 is 1.12 bits per heavy atom. The van der Waals surface area contributed by atoms with Crippen LogP contribution in [0.1, 0.15) is 12.5 Å². The van der Waals surface area contributed by atoms with Crippen molar-refractivity contribution in [1.29, 1.82) is 0 Å². The summed E-state index contributed by atoms with van der Waals surface area (Å²) in [5.41, 5.74) is 6.34. The molecule has 2 aromatic carbocycles. The molecule has 2 aromatic rings. The van der Waals surface area contributed by atoms with Crippen molar-refractivity contribution in [2.45, 2.75) is 13.5 Å². The van der Waals surface area contributed by atoms with Gasteiger partial charge in [0.25, 0.3) is 0 Å². The summed E-state index contributed by atoms with van der Waals surface area (Å²) < 4.78 is 28.6. The number of carbonyl (C=O) groups is 1. The minimum Gasteiger partial charge on any atom is -0.508 e. The minimum absolute atomic E-state index is 0.00951. The second kappa shape index (κ2) is 8.56. The molecule has 0 heterocycles. The third-order valence-electron chi connectivity index (χ3n) is 2.80. The van der Waals surface area contributed by atoms with Crippen LogP contribution in [0.4, 0.5) is 5.69 Å². The smallest absolute Gasteiger partial charge is 0.115 e. The number of carbonyl (C=O) groups excluding carboxylic acids is 1. The van der Waals surface area contributed by atoms with Gasteiger partial charge in [-0.2, -0.15) is 0 Å². The Morgan fingerprint density at radius 2 is 1.71 bits per heavy atom. The number of aromatic hydroxyl groups is 2. The molecule has 8 nitrogen and oxygen atoms in total. The second-order valence-corrected chi connectivity index (χ2v) is 8.16. The molecule has 2 rings (SSSR count). The predicted molar refractivity (Wildman–Crippen MR) is 88.9 cm³/mol. The second-order valence-electron chi connectivity index (χ2n) is 4.80. The molecule has 0 fully saturated rings. The topological polar surface area (TPSA) is 153 Å². The molecule has 130 valence electrons. The van der Waals surface area contributed by atoms with Gasteiger partial charge in [0, 0.05) is 6.54 Å². The Morgan fingerprint density at radius 3 is 2.17 bits per heavy atom. The number of hydrogen-bond acceptors (Lipinski definition) is 5. The van der Waals surface area contributed by atoms with Gasteiger partial charge in [-0.1, -0.05) is 12.1 Å². The zero-order valence-corrected chi connectivity index (χ0v) is 14.8. The van der Waals surface area contributed by atoms with E-state index in [4.69, 9.17) is 19.0 Å². The van der Waals surface area contributed by atoms with Crippen molar-refractivity contribution < 1.29 is 26.9 Å². The van der Waals surface area contributed by atoms with Crippen LogP contribution in [0.5, 0.6) is 11.5 Å². The van der Waals surface area contributed by atoms with Gasteiger partial charge in [0.15, 0.2) is 0 Å². The molecule has 0 saturated heterocycles. The SMILES string of the molecule is CC(=O)Nc1cc([As](=O)(O)O)ccc1O.NCc1ccc(O)cc1. The summed E-state index contributed by atoms with van der Waals surface area (Å²) in [6.45, 7) is 1.76. The molecular formula is C15H19AsN2O6. The minimum atomic E-state index is -4.98. The number of phenolic OH excluding ortho intramolecular Hbond substituents is 2. The van der Waals surface area contributed by atoms with Gasteiger partial charge in [0.05, 0.1) is 0 Å². The molecule has 0 aliphatic carbocycles. The molecule has 0 aromatic heterocycles. The number of anilines is 1. The maximum Gasteiger partial charge on any atom is 0.115 e. The third-order valence-corrected chi connectivity index (χ3v) is 4.79. The quantitative estimate of drug-likeness (QED) is 0.308. The average molecular weight is 398 g/mol. The molecule has 0 atom stereocenters. The van der Waals surface area contributed by atoms with Crippen LogP contribution >= 0.6 is 0 Å². The van der Waals surface area contributed by atoms with E-state index < -0.39 is 20.1 Å². The number of phenols is 2. The summed E-state index contributed by atoms with van der Waals surface area (Å²) >= 11 is -4.98. The van der Waals surface area contributed by atoms with Gasteiger partial charge in [0.1, 0.15) is 5.75 Å². The first kappa shape index (κ1) is 19.8. The number of nitrogens with two attached hydrogens (primary N) is 1. The molecule has 0 unspecified atom stereocenters. The average Bonchev–Trinajstić information content (AvgIpc) is 2.49. The van der Waals surface area contributed by atoms with Crippen molar-refractivity contribution in [2.24, 2.45) is 5.73 Å². The summed E-state index contributed by atoms with van der Waals surface area (Å²) in [5, 5.41) is 20.4. The summed E-state index contributed by atoms with van der Waals surface area (Å²) in [7, 11) is 0. The molecule has 9 heteroatoms. The largest absolute Gasteiger partial charge is 0.508 e. The fraction of sp³-hybridized carbons (Fsp3) is 0.133. The first-order valence-electron chi connectivity index (χ1n) is 6.78. The van der Waals surface area contributed by atoms with E-state index in [1.807, 2.05) is 0 Å². The van der Waals surface area contributed by atoms with Crippen molar-refractivity contribution in [3.8, 4) is 11.5 Å². The standard InChI is InChI=1S/C8H10AsNO5.C7H9NO/c1-5(11)10-7-4-6(9(13,14)15)2-3-8(7)12;8-5-6-1-3-7(9)4-2-6/h2-4,12H,1H3,(H,10,11)(H2,13,14,15);1-4,9H,5,8H2. The van der Waals surface area contributed by atoms with Crippen LogP contribution in [-0.4, -0.2) is 38.5 Å². The van der Waals surface area contributed by atoms with E-state index in [0.29, 0.717) is 6.54 Å². The maximum absolute atomic E-state index is 10.9. The van der Waals surface area contributed by atoms with Crippen LogP contribution < -0.4 is 15.4 Å². The van der Waals surface area contributed by atoms with Crippen LogP contribution in [0, 0.1) is 0 Å². The van der Waals surface area contributed by atoms with Crippen LogP contribution in [0.15, 0.2) is 42.5 Å². The summed E-state index contributed by atoms with van der Waals surface area (Å²) in [6.07, 6.45) is 0. The summed E-state index contributed by atoms with van der Waals surface area (Å²) in [6, 6.07) is 10.2. The molecule has 1 amide bonds. The Bertz CT molecular complexity index is 742. The van der Waals surface area contributed by atoms with E-state index in [-0.39, 0.29) is 21.5 Å². The van der Waals surface area contributed by atoms with E-state index in [1.54, 1.807) is 24.3 Å². The normalized spacial score (nSPS) is 10.5. The molecule has 0 radical (unpaired) electrons. The van der Waals surface area contributed by atoms with Crippen LogP contribution in [-0.2, 0) is 15.1 Å². The van der Waals surface area contributed by atoms with Crippen molar-refractivity contribution in [3.63, 3.8) is 0 Å². The van der Waals surface area contributed by atoms with Crippen molar-refractivity contribution >= 4 is 30.1 Å². The van der Waals surface area contributed by atoms with Gasteiger partial charge in [-0.15, -0.1) is 0 Å². The number of hydrogen-bond donors (Lipinski definition) is 6. The predicted octanol–water partition coefficient (Wildman–Crippen LogP) is -0.238. The molecule has 24 heavy (non-hydrogen) atoms.